The highest BCUT2D eigenvalue weighted by Crippen LogP contribution is 2.29. The Morgan fingerprint density at radius 1 is 1.22 bits per heavy atom. The minimum absolute atomic E-state index is 0. The second kappa shape index (κ2) is 12.4. The lowest BCUT2D eigenvalue weighted by Gasteiger charge is -2.33. The zero-order valence-electron chi connectivity index (χ0n) is 18.4. The van der Waals surface area contributed by atoms with Crippen LogP contribution < -0.4 is 15.4 Å². The van der Waals surface area contributed by atoms with Crippen molar-refractivity contribution in [2.75, 3.05) is 40.0 Å². The number of guanidine groups is 1. The number of ether oxygens (including phenoxy) is 2. The summed E-state index contributed by atoms with van der Waals surface area (Å²) in [7, 11) is 1.75. The molecule has 0 saturated carbocycles. The number of hydrogen-bond donors (Lipinski definition) is 2. The van der Waals surface area contributed by atoms with Crippen molar-refractivity contribution in [1.29, 1.82) is 0 Å². The quantitative estimate of drug-likeness (QED) is 0.306. The highest BCUT2D eigenvalue weighted by Gasteiger charge is 2.24. The van der Waals surface area contributed by atoms with E-state index in [-0.39, 0.29) is 42.6 Å². The van der Waals surface area contributed by atoms with E-state index >= 15 is 0 Å². The number of nitrogens with one attached hydrogen (secondary N) is 2. The average molecular weight is 558 g/mol. The van der Waals surface area contributed by atoms with Gasteiger partial charge in [-0.25, -0.2) is 4.39 Å². The van der Waals surface area contributed by atoms with Crippen molar-refractivity contribution in [1.82, 2.24) is 15.5 Å². The van der Waals surface area contributed by atoms with Crippen LogP contribution in [-0.2, 0) is 17.8 Å². The van der Waals surface area contributed by atoms with E-state index in [4.69, 9.17) is 13.9 Å². The molecule has 1 aromatic heterocycles. The molecule has 1 atom stereocenters. The third-order valence-corrected chi connectivity index (χ3v) is 5.83. The van der Waals surface area contributed by atoms with Gasteiger partial charge in [-0.1, -0.05) is 6.42 Å². The van der Waals surface area contributed by atoms with Crippen LogP contribution >= 0.6 is 24.0 Å². The Morgan fingerprint density at radius 3 is 2.81 bits per heavy atom. The fourth-order valence-electron chi connectivity index (χ4n) is 4.29. The first-order valence-electron chi connectivity index (χ1n) is 11.0. The maximum Gasteiger partial charge on any atom is 0.191 e. The van der Waals surface area contributed by atoms with Gasteiger partial charge in [-0.05, 0) is 62.2 Å². The van der Waals surface area contributed by atoms with Crippen LogP contribution in [0.2, 0.25) is 0 Å². The van der Waals surface area contributed by atoms with Crippen LogP contribution in [0.15, 0.2) is 39.9 Å². The molecule has 4 rings (SSSR count). The number of aliphatic imine (C=N–C) groups is 1. The maximum atomic E-state index is 13.9. The number of nitrogens with zero attached hydrogens (tertiary/aromatic N) is 2. The fourth-order valence-corrected chi connectivity index (χ4v) is 4.29. The second-order valence-electron chi connectivity index (χ2n) is 7.92. The molecule has 9 heteroatoms. The summed E-state index contributed by atoms with van der Waals surface area (Å²) < 4.78 is 30.5. The van der Waals surface area contributed by atoms with Crippen LogP contribution in [0, 0.1) is 5.82 Å². The largest absolute Gasteiger partial charge is 0.468 e. The number of hydrogen-bond acceptors (Lipinski definition) is 5. The molecule has 176 valence electrons. The van der Waals surface area contributed by atoms with E-state index < -0.39 is 0 Å². The van der Waals surface area contributed by atoms with Crippen molar-refractivity contribution in [3.8, 4) is 5.75 Å². The van der Waals surface area contributed by atoms with Crippen molar-refractivity contribution in [3.63, 3.8) is 0 Å². The second-order valence-corrected chi connectivity index (χ2v) is 7.92. The summed E-state index contributed by atoms with van der Waals surface area (Å²) in [5, 5.41) is 6.76. The SMILES string of the molecule is CN=C(NCCc1cc(F)cc2c1OCOC2)NCC(c1ccco1)N1CCCCC1.I. The number of piperidine rings is 1. The first-order valence-corrected chi connectivity index (χ1v) is 11.0. The lowest BCUT2D eigenvalue weighted by Crippen LogP contribution is -2.44. The number of benzene rings is 1. The van der Waals surface area contributed by atoms with E-state index in [0.29, 0.717) is 32.1 Å². The summed E-state index contributed by atoms with van der Waals surface area (Å²) >= 11 is 0. The first-order chi connectivity index (χ1) is 15.2. The number of furan rings is 1. The molecule has 2 aliphatic rings. The molecule has 2 aliphatic heterocycles. The normalized spacial score (nSPS) is 17.6. The highest BCUT2D eigenvalue weighted by molar-refractivity contribution is 14.0. The van der Waals surface area contributed by atoms with Crippen molar-refractivity contribution < 1.29 is 18.3 Å². The molecule has 0 amide bonds. The topological polar surface area (TPSA) is 71.3 Å². The molecule has 7 nitrogen and oxygen atoms in total. The van der Waals surface area contributed by atoms with Gasteiger partial charge in [0.25, 0.3) is 0 Å². The Kier molecular flexibility index (Phi) is 9.61. The van der Waals surface area contributed by atoms with Crippen LogP contribution in [-0.4, -0.2) is 50.9 Å². The van der Waals surface area contributed by atoms with Crippen molar-refractivity contribution >= 4 is 29.9 Å². The predicted octanol–water partition coefficient (Wildman–Crippen LogP) is 3.84. The fraction of sp³-hybridized carbons (Fsp3) is 0.522. The van der Waals surface area contributed by atoms with Gasteiger partial charge in [-0.2, -0.15) is 0 Å². The minimum atomic E-state index is -0.270. The minimum Gasteiger partial charge on any atom is -0.468 e. The summed E-state index contributed by atoms with van der Waals surface area (Å²) in [6.45, 7) is 4.03. The van der Waals surface area contributed by atoms with Gasteiger partial charge in [0.1, 0.15) is 17.3 Å². The van der Waals surface area contributed by atoms with Crippen molar-refractivity contribution in [3.05, 3.63) is 53.2 Å². The number of fused-ring (bicyclic) bond motifs is 1. The summed E-state index contributed by atoms with van der Waals surface area (Å²) in [5.41, 5.74) is 1.59. The molecule has 3 heterocycles. The monoisotopic (exact) mass is 558 g/mol. The van der Waals surface area contributed by atoms with Crippen LogP contribution in [0.1, 0.15) is 42.2 Å². The average Bonchev–Trinajstić information content (AvgIpc) is 3.33. The van der Waals surface area contributed by atoms with Crippen molar-refractivity contribution in [2.24, 2.45) is 4.99 Å². The molecule has 1 fully saturated rings. The molecule has 32 heavy (non-hydrogen) atoms. The molecule has 2 aromatic rings. The summed E-state index contributed by atoms with van der Waals surface area (Å²) in [5.74, 6) is 2.15. The maximum absolute atomic E-state index is 13.9. The van der Waals surface area contributed by atoms with E-state index in [9.17, 15) is 4.39 Å². The standard InChI is InChI=1S/C23H31FN4O3.HI/c1-25-23(26-8-7-17-12-19(24)13-18-15-29-16-31-22(17)18)27-14-20(21-6-5-11-30-21)28-9-3-2-4-10-28;/h5-6,11-13,20H,2-4,7-10,14-16H2,1H3,(H2,25,26,27);1H. The Balaban J connectivity index is 0.00000289. The van der Waals surface area contributed by atoms with Gasteiger partial charge in [-0.3, -0.25) is 9.89 Å². The molecule has 1 saturated heterocycles. The molecule has 1 unspecified atom stereocenters. The van der Waals surface area contributed by atoms with Crippen LogP contribution in [0.3, 0.4) is 0 Å². The van der Waals surface area contributed by atoms with E-state index in [1.165, 1.54) is 31.4 Å². The highest BCUT2D eigenvalue weighted by atomic mass is 127. The lowest BCUT2D eigenvalue weighted by atomic mass is 10.1. The smallest absolute Gasteiger partial charge is 0.191 e. The Labute approximate surface area is 205 Å². The molecule has 0 spiro atoms. The van der Waals surface area contributed by atoms with Gasteiger partial charge in [0.05, 0.1) is 18.9 Å². The molecule has 1 aromatic carbocycles. The van der Waals surface area contributed by atoms with E-state index in [1.54, 1.807) is 13.3 Å². The first kappa shape index (κ1) is 24.8. The third kappa shape index (κ3) is 6.35. The van der Waals surface area contributed by atoms with Gasteiger partial charge < -0.3 is 24.5 Å². The predicted molar refractivity (Wildman–Crippen MR) is 132 cm³/mol. The van der Waals surface area contributed by atoms with Gasteiger partial charge in [0.15, 0.2) is 12.8 Å². The summed E-state index contributed by atoms with van der Waals surface area (Å²) in [4.78, 5) is 6.82. The van der Waals surface area contributed by atoms with Crippen LogP contribution in [0.25, 0.3) is 0 Å². The van der Waals surface area contributed by atoms with E-state index in [2.05, 4.69) is 20.5 Å². The number of halogens is 2. The Morgan fingerprint density at radius 2 is 2.06 bits per heavy atom. The molecule has 0 aliphatic carbocycles. The number of rotatable bonds is 7. The van der Waals surface area contributed by atoms with Crippen molar-refractivity contribution in [2.45, 2.75) is 38.3 Å². The lowest BCUT2D eigenvalue weighted by molar-refractivity contribution is -0.0172. The number of likely N-dealkylation sites (tertiary alicyclic amines) is 1. The Bertz CT molecular complexity index is 872. The summed E-state index contributed by atoms with van der Waals surface area (Å²) in [6.07, 6.45) is 6.07. The summed E-state index contributed by atoms with van der Waals surface area (Å²) in [6, 6.07) is 7.14. The molecule has 0 radical (unpaired) electrons. The molecular weight excluding hydrogens is 526 g/mol. The van der Waals surface area contributed by atoms with Crippen LogP contribution in [0.5, 0.6) is 5.75 Å². The molecule has 2 N–H and O–H groups in total. The van der Waals surface area contributed by atoms with Gasteiger partial charge in [-0.15, -0.1) is 24.0 Å². The van der Waals surface area contributed by atoms with Crippen LogP contribution in [0.4, 0.5) is 4.39 Å². The van der Waals surface area contributed by atoms with Gasteiger partial charge >= 0.3 is 0 Å². The zero-order chi connectivity index (χ0) is 21.5. The third-order valence-electron chi connectivity index (χ3n) is 5.83. The molecular formula is C23H32FIN4O3. The van der Waals surface area contributed by atoms with Gasteiger partial charge in [0.2, 0.25) is 0 Å². The Hall–Kier alpha value is -1.85. The van der Waals surface area contributed by atoms with E-state index in [1.807, 2.05) is 12.1 Å². The molecule has 0 bridgehead atoms. The van der Waals surface area contributed by atoms with E-state index in [0.717, 1.165) is 35.7 Å². The van der Waals surface area contributed by atoms with Gasteiger partial charge in [0, 0.05) is 25.7 Å². The zero-order valence-corrected chi connectivity index (χ0v) is 20.8.